The number of carbonyl (C=O) groups excluding carboxylic acids is 2. The number of amides is 1. The van der Waals surface area contributed by atoms with Gasteiger partial charge in [-0.15, -0.1) is 11.8 Å². The average molecular weight is 406 g/mol. The molecule has 1 amide bonds. The van der Waals surface area contributed by atoms with E-state index in [-0.39, 0.29) is 17.9 Å². The molecule has 2 rings (SSSR count). The number of alkyl halides is 2. The van der Waals surface area contributed by atoms with Crippen molar-refractivity contribution in [1.82, 2.24) is 0 Å². The van der Waals surface area contributed by atoms with Crippen LogP contribution in [-0.4, -0.2) is 30.8 Å². The van der Waals surface area contributed by atoms with Crippen LogP contribution in [-0.2, 0) is 20.7 Å². The third-order valence-corrected chi connectivity index (χ3v) is 4.26. The molecule has 0 saturated heterocycles. The maximum absolute atomic E-state index is 12.1. The first-order chi connectivity index (χ1) is 13.5. The zero-order valence-electron chi connectivity index (χ0n) is 14.6. The van der Waals surface area contributed by atoms with Gasteiger partial charge in [-0.2, -0.15) is 14.0 Å². The zero-order valence-corrected chi connectivity index (χ0v) is 15.4. The Balaban J connectivity index is 1.81. The highest BCUT2D eigenvalue weighted by Gasteiger charge is 2.11. The highest BCUT2D eigenvalue weighted by Crippen LogP contribution is 2.26. The molecule has 2 aromatic rings. The third-order valence-electron chi connectivity index (χ3n) is 3.31. The Labute approximate surface area is 164 Å². The lowest BCUT2D eigenvalue weighted by molar-refractivity contribution is -0.146. The van der Waals surface area contributed by atoms with E-state index in [2.05, 4.69) is 10.1 Å². The maximum Gasteiger partial charge on any atom is 0.387 e. The van der Waals surface area contributed by atoms with Gasteiger partial charge < -0.3 is 14.8 Å². The molecule has 9 heteroatoms. The van der Waals surface area contributed by atoms with E-state index in [1.807, 2.05) is 6.07 Å². The summed E-state index contributed by atoms with van der Waals surface area (Å²) in [7, 11) is 0. The van der Waals surface area contributed by atoms with Gasteiger partial charge in [0.15, 0.2) is 6.61 Å². The first-order valence-corrected chi connectivity index (χ1v) is 9.04. The van der Waals surface area contributed by atoms with Crippen LogP contribution >= 0.6 is 11.8 Å². The van der Waals surface area contributed by atoms with Crippen LogP contribution in [0.1, 0.15) is 5.56 Å². The van der Waals surface area contributed by atoms with E-state index in [4.69, 9.17) is 10.00 Å². The predicted molar refractivity (Wildman–Crippen MR) is 99.1 cm³/mol. The maximum atomic E-state index is 12.1. The fourth-order valence-electron chi connectivity index (χ4n) is 2.14. The van der Waals surface area contributed by atoms with Gasteiger partial charge in [0.2, 0.25) is 0 Å². The molecule has 0 bridgehead atoms. The highest BCUT2D eigenvalue weighted by atomic mass is 32.2. The van der Waals surface area contributed by atoms with E-state index in [0.29, 0.717) is 11.3 Å². The summed E-state index contributed by atoms with van der Waals surface area (Å²) in [6, 6.07) is 14.5. The second kappa shape index (κ2) is 10.9. The number of para-hydroxylation sites is 1. The Kier molecular flexibility index (Phi) is 8.24. The van der Waals surface area contributed by atoms with Gasteiger partial charge in [-0.3, -0.25) is 9.59 Å². The molecule has 0 fully saturated rings. The number of carbonyl (C=O) groups is 2. The summed E-state index contributed by atoms with van der Waals surface area (Å²) in [4.78, 5) is 24.6. The lowest BCUT2D eigenvalue weighted by atomic mass is 10.1. The normalized spacial score (nSPS) is 10.2. The van der Waals surface area contributed by atoms with Crippen LogP contribution in [0.5, 0.6) is 5.75 Å². The van der Waals surface area contributed by atoms with E-state index in [9.17, 15) is 18.4 Å². The number of benzene rings is 2. The number of nitrogens with zero attached hydrogens (tertiary/aromatic N) is 1. The van der Waals surface area contributed by atoms with Crippen molar-refractivity contribution in [3.05, 3.63) is 54.1 Å². The van der Waals surface area contributed by atoms with Gasteiger partial charge in [0.05, 0.1) is 23.9 Å². The molecule has 0 aromatic heterocycles. The Morgan fingerprint density at radius 3 is 2.54 bits per heavy atom. The van der Waals surface area contributed by atoms with E-state index in [1.54, 1.807) is 24.3 Å². The van der Waals surface area contributed by atoms with Gasteiger partial charge in [0.25, 0.3) is 5.91 Å². The summed E-state index contributed by atoms with van der Waals surface area (Å²) in [5, 5.41) is 11.3. The molecule has 0 unspecified atom stereocenters. The third kappa shape index (κ3) is 7.25. The van der Waals surface area contributed by atoms with Crippen LogP contribution in [0.25, 0.3) is 0 Å². The molecular formula is C19H16F2N2O4S. The molecule has 2 aromatic carbocycles. The minimum absolute atomic E-state index is 0.0144. The first kappa shape index (κ1) is 21.2. The van der Waals surface area contributed by atoms with Crippen molar-refractivity contribution < 1.29 is 27.8 Å². The van der Waals surface area contributed by atoms with Crippen molar-refractivity contribution in [1.29, 1.82) is 5.26 Å². The Morgan fingerprint density at radius 1 is 1.14 bits per heavy atom. The second-order valence-electron chi connectivity index (χ2n) is 5.35. The lowest BCUT2D eigenvalue weighted by Crippen LogP contribution is -2.22. The van der Waals surface area contributed by atoms with Crippen molar-refractivity contribution in [3.8, 4) is 11.8 Å². The van der Waals surface area contributed by atoms with E-state index in [0.717, 1.165) is 4.90 Å². The van der Waals surface area contributed by atoms with Gasteiger partial charge in [0, 0.05) is 4.90 Å². The molecule has 0 aliphatic carbocycles. The number of ether oxygens (including phenoxy) is 2. The van der Waals surface area contributed by atoms with Gasteiger partial charge in [-0.05, 0) is 29.8 Å². The Morgan fingerprint density at radius 2 is 1.86 bits per heavy atom. The van der Waals surface area contributed by atoms with Crippen molar-refractivity contribution >= 4 is 29.3 Å². The number of rotatable bonds is 9. The molecular weight excluding hydrogens is 390 g/mol. The van der Waals surface area contributed by atoms with Crippen LogP contribution < -0.4 is 10.1 Å². The van der Waals surface area contributed by atoms with E-state index < -0.39 is 25.1 Å². The van der Waals surface area contributed by atoms with E-state index >= 15 is 0 Å². The van der Waals surface area contributed by atoms with Crippen LogP contribution in [0, 0.1) is 11.3 Å². The molecule has 1 N–H and O–H groups in total. The number of halogens is 2. The average Bonchev–Trinajstić information content (AvgIpc) is 2.67. The Hall–Kier alpha value is -3.12. The largest absolute Gasteiger partial charge is 0.455 e. The standard InChI is InChI=1S/C19H16F2N2O4S/c20-19(21)27-14-7-5-13(6-8-14)11-18(25)26-12-17(24)23-15-3-1-2-4-16(15)28-10-9-22/h1-8,19H,10-12H2,(H,23,24). The Bertz CT molecular complexity index is 854. The monoisotopic (exact) mass is 406 g/mol. The summed E-state index contributed by atoms with van der Waals surface area (Å²) < 4.78 is 33.4. The topological polar surface area (TPSA) is 88.4 Å². The van der Waals surface area contributed by atoms with Gasteiger partial charge in [-0.1, -0.05) is 24.3 Å². The van der Waals surface area contributed by atoms with Crippen LogP contribution in [0.3, 0.4) is 0 Å². The number of nitriles is 1. The van der Waals surface area contributed by atoms with Crippen molar-refractivity contribution in [2.24, 2.45) is 0 Å². The second-order valence-corrected chi connectivity index (χ2v) is 6.37. The van der Waals surface area contributed by atoms with Crippen molar-refractivity contribution in [2.45, 2.75) is 17.9 Å². The van der Waals surface area contributed by atoms with Gasteiger partial charge in [0.1, 0.15) is 5.75 Å². The smallest absolute Gasteiger partial charge is 0.387 e. The fourth-order valence-corrected chi connectivity index (χ4v) is 2.81. The molecule has 6 nitrogen and oxygen atoms in total. The van der Waals surface area contributed by atoms with Crippen molar-refractivity contribution in [3.63, 3.8) is 0 Å². The molecule has 0 aliphatic heterocycles. The minimum Gasteiger partial charge on any atom is -0.455 e. The molecule has 0 atom stereocenters. The first-order valence-electron chi connectivity index (χ1n) is 8.06. The molecule has 0 heterocycles. The fraction of sp³-hybridized carbons (Fsp3) is 0.211. The summed E-state index contributed by atoms with van der Waals surface area (Å²) in [5.41, 5.74) is 1.06. The summed E-state index contributed by atoms with van der Waals surface area (Å²) >= 11 is 1.28. The summed E-state index contributed by atoms with van der Waals surface area (Å²) in [6.07, 6.45) is -0.114. The van der Waals surface area contributed by atoms with Gasteiger partial charge >= 0.3 is 12.6 Å². The van der Waals surface area contributed by atoms with E-state index in [1.165, 1.54) is 36.0 Å². The number of hydrogen-bond acceptors (Lipinski definition) is 6. The van der Waals surface area contributed by atoms with Crippen LogP contribution in [0.15, 0.2) is 53.4 Å². The van der Waals surface area contributed by atoms with Crippen LogP contribution in [0.2, 0.25) is 0 Å². The molecule has 146 valence electrons. The molecule has 28 heavy (non-hydrogen) atoms. The lowest BCUT2D eigenvalue weighted by Gasteiger charge is -2.10. The minimum atomic E-state index is -2.92. The highest BCUT2D eigenvalue weighted by molar-refractivity contribution is 7.99. The number of esters is 1. The molecule has 0 saturated carbocycles. The number of anilines is 1. The SMILES string of the molecule is N#CCSc1ccccc1NC(=O)COC(=O)Cc1ccc(OC(F)F)cc1. The summed E-state index contributed by atoms with van der Waals surface area (Å²) in [6.45, 7) is -3.39. The van der Waals surface area contributed by atoms with Crippen molar-refractivity contribution in [2.75, 3.05) is 17.7 Å². The zero-order chi connectivity index (χ0) is 20.4. The number of hydrogen-bond donors (Lipinski definition) is 1. The number of thioether (sulfide) groups is 1. The van der Waals surface area contributed by atoms with Crippen LogP contribution in [0.4, 0.5) is 14.5 Å². The summed E-state index contributed by atoms with van der Waals surface area (Å²) in [5.74, 6) is -0.925. The molecule has 0 radical (unpaired) electrons. The van der Waals surface area contributed by atoms with Gasteiger partial charge in [-0.25, -0.2) is 0 Å². The predicted octanol–water partition coefficient (Wildman–Crippen LogP) is 3.63. The molecule has 0 aliphatic rings. The number of nitrogens with one attached hydrogen (secondary N) is 1. The molecule has 0 spiro atoms. The quantitative estimate of drug-likeness (QED) is 0.505.